The number of fused-ring (bicyclic) bond motifs is 1. The highest BCUT2D eigenvalue weighted by molar-refractivity contribution is 5.86. The van der Waals surface area contributed by atoms with Crippen LogP contribution < -0.4 is 0 Å². The number of nitrogens with one attached hydrogen (secondary N) is 1. The lowest BCUT2D eigenvalue weighted by Crippen LogP contribution is -1.86. The molecular weight excluding hydrogens is 222 g/mol. The highest BCUT2D eigenvalue weighted by atomic mass is 16.6. The summed E-state index contributed by atoms with van der Waals surface area (Å²) in [5.41, 5.74) is 1.44. The van der Waals surface area contributed by atoms with Crippen molar-refractivity contribution in [2.45, 2.75) is 0 Å². The summed E-state index contributed by atoms with van der Waals surface area (Å²) >= 11 is 0. The Morgan fingerprint density at radius 2 is 2.24 bits per heavy atom. The monoisotopic (exact) mass is 229 g/mol. The van der Waals surface area contributed by atoms with Crippen LogP contribution in [-0.4, -0.2) is 14.9 Å². The quantitative estimate of drug-likeness (QED) is 0.540. The van der Waals surface area contributed by atoms with Gasteiger partial charge in [0.2, 0.25) is 5.89 Å². The first-order chi connectivity index (χ1) is 8.24. The first-order valence-electron chi connectivity index (χ1n) is 4.91. The van der Waals surface area contributed by atoms with E-state index in [0.717, 1.165) is 5.39 Å². The Kier molecular flexibility index (Phi) is 1.94. The molecule has 1 N–H and O–H groups in total. The van der Waals surface area contributed by atoms with Crippen molar-refractivity contribution in [3.63, 3.8) is 0 Å². The molecule has 2 aromatic heterocycles. The molecule has 0 aliphatic rings. The summed E-state index contributed by atoms with van der Waals surface area (Å²) in [6, 6.07) is 6.48. The van der Waals surface area contributed by atoms with Crippen LogP contribution in [0.15, 0.2) is 41.1 Å². The Balaban J connectivity index is 2.16. The summed E-state index contributed by atoms with van der Waals surface area (Å²) in [6.07, 6.45) is 3.02. The lowest BCUT2D eigenvalue weighted by Gasteiger charge is -1.90. The maximum atomic E-state index is 10.6. The largest absolute Gasteiger partial charge is 0.443 e. The van der Waals surface area contributed by atoms with E-state index in [1.807, 2.05) is 6.07 Å². The number of hydrogen-bond donors (Lipinski definition) is 1. The normalized spacial score (nSPS) is 10.8. The highest BCUT2D eigenvalue weighted by Crippen LogP contribution is 2.25. The Morgan fingerprint density at radius 3 is 2.94 bits per heavy atom. The first-order valence-corrected chi connectivity index (χ1v) is 4.91. The second-order valence-electron chi connectivity index (χ2n) is 3.55. The minimum atomic E-state index is -0.426. The zero-order valence-corrected chi connectivity index (χ0v) is 8.58. The van der Waals surface area contributed by atoms with Crippen LogP contribution in [0.2, 0.25) is 0 Å². The number of H-pyrrole nitrogens is 1. The van der Waals surface area contributed by atoms with Crippen molar-refractivity contribution in [2.24, 2.45) is 0 Å². The van der Waals surface area contributed by atoms with Crippen molar-refractivity contribution in [3.05, 3.63) is 46.8 Å². The molecule has 0 amide bonds. The summed E-state index contributed by atoms with van der Waals surface area (Å²) in [5, 5.41) is 11.5. The average molecular weight is 229 g/mol. The van der Waals surface area contributed by atoms with Crippen molar-refractivity contribution in [1.29, 1.82) is 0 Å². The van der Waals surface area contributed by atoms with E-state index >= 15 is 0 Å². The lowest BCUT2D eigenvalue weighted by atomic mass is 10.2. The molecule has 0 fully saturated rings. The molecule has 0 atom stereocenters. The fraction of sp³-hybridized carbons (Fsp3) is 0. The predicted molar refractivity (Wildman–Crippen MR) is 60.5 cm³/mol. The van der Waals surface area contributed by atoms with Gasteiger partial charge in [0.25, 0.3) is 5.69 Å². The smallest absolute Gasteiger partial charge is 0.271 e. The van der Waals surface area contributed by atoms with E-state index in [9.17, 15) is 10.1 Å². The maximum absolute atomic E-state index is 10.6. The van der Waals surface area contributed by atoms with Crippen LogP contribution in [0.4, 0.5) is 5.69 Å². The van der Waals surface area contributed by atoms with Crippen LogP contribution in [-0.2, 0) is 0 Å². The van der Waals surface area contributed by atoms with Gasteiger partial charge in [-0.1, -0.05) is 0 Å². The summed E-state index contributed by atoms with van der Waals surface area (Å²) < 4.78 is 5.15. The fourth-order valence-corrected chi connectivity index (χ4v) is 1.70. The third-order valence-corrected chi connectivity index (χ3v) is 2.48. The standard InChI is InChI=1S/C11H7N3O3/c15-14(16)8-2-1-7-5-10(13-9(7)6-8)11-12-3-4-17-11/h1-6,13H. The zero-order valence-electron chi connectivity index (χ0n) is 8.58. The summed E-state index contributed by atoms with van der Waals surface area (Å²) in [7, 11) is 0. The Bertz CT molecular complexity index is 685. The van der Waals surface area contributed by atoms with Gasteiger partial charge in [0.15, 0.2) is 0 Å². The van der Waals surface area contributed by atoms with Gasteiger partial charge in [-0.25, -0.2) is 4.98 Å². The van der Waals surface area contributed by atoms with Crippen molar-refractivity contribution >= 4 is 16.6 Å². The molecule has 3 aromatic rings. The molecule has 6 nitrogen and oxygen atoms in total. The van der Waals surface area contributed by atoms with Crippen molar-refractivity contribution < 1.29 is 9.34 Å². The van der Waals surface area contributed by atoms with E-state index in [1.54, 1.807) is 12.3 Å². The van der Waals surface area contributed by atoms with Gasteiger partial charge in [-0.05, 0) is 12.1 Å². The second kappa shape index (κ2) is 3.44. The molecule has 0 unspecified atom stereocenters. The van der Waals surface area contributed by atoms with Crippen molar-refractivity contribution in [3.8, 4) is 11.6 Å². The van der Waals surface area contributed by atoms with E-state index < -0.39 is 4.92 Å². The molecule has 0 saturated carbocycles. The van der Waals surface area contributed by atoms with Gasteiger partial charge < -0.3 is 9.40 Å². The number of benzene rings is 1. The molecule has 0 aliphatic heterocycles. The minimum absolute atomic E-state index is 0.0540. The lowest BCUT2D eigenvalue weighted by molar-refractivity contribution is -0.384. The van der Waals surface area contributed by atoms with Gasteiger partial charge in [-0.2, -0.15) is 0 Å². The molecule has 0 spiro atoms. The van der Waals surface area contributed by atoms with E-state index in [-0.39, 0.29) is 5.69 Å². The molecule has 0 bridgehead atoms. The zero-order chi connectivity index (χ0) is 11.8. The Hall–Kier alpha value is -2.63. The van der Waals surface area contributed by atoms with Crippen LogP contribution in [0, 0.1) is 10.1 Å². The SMILES string of the molecule is O=[N+]([O-])c1ccc2cc(-c3ncco3)[nH]c2c1. The molecule has 0 saturated heterocycles. The van der Waals surface area contributed by atoms with Gasteiger partial charge in [0, 0.05) is 17.5 Å². The summed E-state index contributed by atoms with van der Waals surface area (Å²) in [5.74, 6) is 0.462. The van der Waals surface area contributed by atoms with E-state index in [2.05, 4.69) is 9.97 Å². The Labute approximate surface area is 95.0 Å². The first kappa shape index (κ1) is 9.59. The third-order valence-electron chi connectivity index (χ3n) is 2.48. The second-order valence-corrected chi connectivity index (χ2v) is 3.55. The van der Waals surface area contributed by atoms with E-state index in [0.29, 0.717) is 17.1 Å². The topological polar surface area (TPSA) is 85.0 Å². The van der Waals surface area contributed by atoms with Crippen molar-refractivity contribution in [1.82, 2.24) is 9.97 Å². The van der Waals surface area contributed by atoms with Crippen molar-refractivity contribution in [2.75, 3.05) is 0 Å². The van der Waals surface area contributed by atoms with Crippen LogP contribution in [0.1, 0.15) is 0 Å². The molecule has 3 rings (SSSR count). The number of rotatable bonds is 2. The predicted octanol–water partition coefficient (Wildman–Crippen LogP) is 2.73. The van der Waals surface area contributed by atoms with E-state index in [4.69, 9.17) is 4.42 Å². The van der Waals surface area contributed by atoms with E-state index in [1.165, 1.54) is 18.4 Å². The molecule has 17 heavy (non-hydrogen) atoms. The number of oxazole rings is 1. The number of aromatic amines is 1. The van der Waals surface area contributed by atoms with Crippen LogP contribution in [0.5, 0.6) is 0 Å². The molecule has 0 aliphatic carbocycles. The van der Waals surface area contributed by atoms with Crippen LogP contribution in [0.25, 0.3) is 22.5 Å². The molecular formula is C11H7N3O3. The summed E-state index contributed by atoms with van der Waals surface area (Å²) in [4.78, 5) is 17.3. The number of aromatic nitrogens is 2. The number of hydrogen-bond acceptors (Lipinski definition) is 4. The minimum Gasteiger partial charge on any atom is -0.443 e. The van der Waals surface area contributed by atoms with Gasteiger partial charge in [-0.3, -0.25) is 10.1 Å². The van der Waals surface area contributed by atoms with Gasteiger partial charge >= 0.3 is 0 Å². The van der Waals surface area contributed by atoms with Gasteiger partial charge in [0.05, 0.1) is 16.6 Å². The van der Waals surface area contributed by atoms with Gasteiger partial charge in [-0.15, -0.1) is 0 Å². The fourth-order valence-electron chi connectivity index (χ4n) is 1.70. The number of non-ortho nitro benzene ring substituents is 1. The maximum Gasteiger partial charge on any atom is 0.271 e. The molecule has 2 heterocycles. The van der Waals surface area contributed by atoms with Crippen LogP contribution >= 0.6 is 0 Å². The molecule has 0 radical (unpaired) electrons. The van der Waals surface area contributed by atoms with Crippen LogP contribution in [0.3, 0.4) is 0 Å². The molecule has 1 aromatic carbocycles. The van der Waals surface area contributed by atoms with Gasteiger partial charge in [0.1, 0.15) is 12.0 Å². The molecule has 84 valence electrons. The third kappa shape index (κ3) is 1.55. The highest BCUT2D eigenvalue weighted by Gasteiger charge is 2.10. The average Bonchev–Trinajstić information content (AvgIpc) is 2.96. The Morgan fingerprint density at radius 1 is 1.35 bits per heavy atom. The molecule has 6 heteroatoms. The summed E-state index contributed by atoms with van der Waals surface area (Å²) in [6.45, 7) is 0. The number of nitro benzene ring substituents is 1. The number of nitrogens with zero attached hydrogens (tertiary/aromatic N) is 2. The number of nitro groups is 1.